The van der Waals surface area contributed by atoms with Gasteiger partial charge >= 0.3 is 0 Å². The third-order valence-electron chi connectivity index (χ3n) is 4.46. The Labute approximate surface area is 151 Å². The van der Waals surface area contributed by atoms with E-state index < -0.39 is 0 Å². The van der Waals surface area contributed by atoms with E-state index in [-0.39, 0.29) is 0 Å². The van der Waals surface area contributed by atoms with Crippen LogP contribution in [0.2, 0.25) is 0 Å². The summed E-state index contributed by atoms with van der Waals surface area (Å²) in [5.74, 6) is 1.58. The van der Waals surface area contributed by atoms with Crippen LogP contribution in [-0.4, -0.2) is 32.7 Å². The summed E-state index contributed by atoms with van der Waals surface area (Å²) in [6, 6.07) is 10.0. The fourth-order valence-electron chi connectivity index (χ4n) is 3.08. The predicted molar refractivity (Wildman–Crippen MR) is 98.3 cm³/mol. The van der Waals surface area contributed by atoms with Gasteiger partial charge in [0.2, 0.25) is 5.89 Å². The zero-order chi connectivity index (χ0) is 17.2. The molecule has 0 saturated heterocycles. The molecule has 5 nitrogen and oxygen atoms in total. The molecule has 3 heterocycles. The van der Waals surface area contributed by atoms with Gasteiger partial charge in [-0.2, -0.15) is 0 Å². The first-order chi connectivity index (χ1) is 12.2. The minimum absolute atomic E-state index is 0.693. The molecule has 2 aromatic heterocycles. The maximum atomic E-state index is 5.88. The molecule has 0 aliphatic carbocycles. The van der Waals surface area contributed by atoms with Gasteiger partial charge in [-0.15, -0.1) is 0 Å². The molecule has 0 atom stereocenters. The SMILES string of the molecule is CSc1ncc2c(n1)CCN(Cc1nc(-c3ccccc3)oc1C)C2. The summed E-state index contributed by atoms with van der Waals surface area (Å²) < 4.78 is 5.88. The second kappa shape index (κ2) is 6.98. The van der Waals surface area contributed by atoms with Gasteiger partial charge in [0.25, 0.3) is 0 Å². The third kappa shape index (κ3) is 3.45. The molecular formula is C19H20N4OS. The van der Waals surface area contributed by atoms with Crippen LogP contribution in [0.5, 0.6) is 0 Å². The van der Waals surface area contributed by atoms with Crippen LogP contribution in [0, 0.1) is 6.92 Å². The lowest BCUT2D eigenvalue weighted by Crippen LogP contribution is -2.31. The number of benzene rings is 1. The Kier molecular flexibility index (Phi) is 4.55. The predicted octanol–water partition coefficient (Wildman–Crippen LogP) is 3.72. The summed E-state index contributed by atoms with van der Waals surface area (Å²) in [6.45, 7) is 4.61. The molecule has 4 rings (SSSR count). The van der Waals surface area contributed by atoms with Crippen molar-refractivity contribution in [3.63, 3.8) is 0 Å². The van der Waals surface area contributed by atoms with Crippen molar-refractivity contribution in [2.24, 2.45) is 0 Å². The standard InChI is InChI=1S/C19H20N4OS/c1-13-17(21-18(24-13)14-6-4-3-5-7-14)12-23-9-8-16-15(11-23)10-20-19(22-16)25-2/h3-7,10H,8-9,11-12H2,1-2H3. The third-order valence-corrected chi connectivity index (χ3v) is 5.02. The molecule has 6 heteroatoms. The molecule has 0 N–H and O–H groups in total. The smallest absolute Gasteiger partial charge is 0.226 e. The molecule has 0 fully saturated rings. The lowest BCUT2D eigenvalue weighted by Gasteiger charge is -2.27. The van der Waals surface area contributed by atoms with Crippen LogP contribution in [0.15, 0.2) is 46.1 Å². The topological polar surface area (TPSA) is 55.1 Å². The number of hydrogen-bond donors (Lipinski definition) is 0. The Morgan fingerprint density at radius 1 is 1.20 bits per heavy atom. The highest BCUT2D eigenvalue weighted by Gasteiger charge is 2.21. The number of thioether (sulfide) groups is 1. The number of rotatable bonds is 4. The molecule has 0 spiro atoms. The summed E-state index contributed by atoms with van der Waals surface area (Å²) in [7, 11) is 0. The number of aryl methyl sites for hydroxylation is 1. The summed E-state index contributed by atoms with van der Waals surface area (Å²) in [6.07, 6.45) is 4.92. The molecule has 1 aromatic carbocycles. The molecule has 1 aliphatic heterocycles. The van der Waals surface area contributed by atoms with Gasteiger partial charge < -0.3 is 4.42 Å². The van der Waals surface area contributed by atoms with Crippen LogP contribution in [0.25, 0.3) is 11.5 Å². The fourth-order valence-corrected chi connectivity index (χ4v) is 3.44. The van der Waals surface area contributed by atoms with Crippen LogP contribution in [0.1, 0.15) is 22.7 Å². The van der Waals surface area contributed by atoms with Crippen molar-refractivity contribution in [2.75, 3.05) is 12.8 Å². The number of hydrogen-bond acceptors (Lipinski definition) is 6. The maximum Gasteiger partial charge on any atom is 0.226 e. The van der Waals surface area contributed by atoms with E-state index in [2.05, 4.69) is 14.9 Å². The first-order valence-corrected chi connectivity index (χ1v) is 9.58. The van der Waals surface area contributed by atoms with Crippen LogP contribution < -0.4 is 0 Å². The Morgan fingerprint density at radius 2 is 2.04 bits per heavy atom. The van der Waals surface area contributed by atoms with E-state index in [1.807, 2.05) is 49.7 Å². The van der Waals surface area contributed by atoms with Crippen molar-refractivity contribution in [2.45, 2.75) is 31.6 Å². The van der Waals surface area contributed by atoms with Crippen molar-refractivity contribution in [1.29, 1.82) is 0 Å². The summed E-state index contributed by atoms with van der Waals surface area (Å²) in [5.41, 5.74) is 4.41. The molecule has 25 heavy (non-hydrogen) atoms. The van der Waals surface area contributed by atoms with Gasteiger partial charge in [0.15, 0.2) is 5.16 Å². The Hall–Kier alpha value is -2.18. The highest BCUT2D eigenvalue weighted by Crippen LogP contribution is 2.25. The normalized spacial score (nSPS) is 14.5. The zero-order valence-corrected chi connectivity index (χ0v) is 15.2. The average molecular weight is 352 g/mol. The lowest BCUT2D eigenvalue weighted by molar-refractivity contribution is 0.238. The Balaban J connectivity index is 1.50. The minimum Gasteiger partial charge on any atom is -0.441 e. The van der Waals surface area contributed by atoms with Crippen LogP contribution in [-0.2, 0) is 19.5 Å². The molecule has 0 amide bonds. The van der Waals surface area contributed by atoms with Gasteiger partial charge in [-0.05, 0) is 25.3 Å². The molecule has 0 bridgehead atoms. The van der Waals surface area contributed by atoms with Gasteiger partial charge in [0.05, 0.1) is 11.4 Å². The Morgan fingerprint density at radius 3 is 2.84 bits per heavy atom. The van der Waals surface area contributed by atoms with Gasteiger partial charge in [0.1, 0.15) is 5.76 Å². The Bertz CT molecular complexity index is 878. The van der Waals surface area contributed by atoms with Crippen molar-refractivity contribution in [1.82, 2.24) is 19.9 Å². The van der Waals surface area contributed by atoms with Crippen LogP contribution in [0.3, 0.4) is 0 Å². The highest BCUT2D eigenvalue weighted by molar-refractivity contribution is 7.98. The number of oxazole rings is 1. The van der Waals surface area contributed by atoms with Crippen molar-refractivity contribution < 1.29 is 4.42 Å². The molecule has 3 aromatic rings. The van der Waals surface area contributed by atoms with E-state index in [4.69, 9.17) is 9.40 Å². The summed E-state index contributed by atoms with van der Waals surface area (Å²) >= 11 is 1.59. The summed E-state index contributed by atoms with van der Waals surface area (Å²) in [5, 5.41) is 0.854. The quantitative estimate of drug-likeness (QED) is 0.527. The van der Waals surface area contributed by atoms with Crippen LogP contribution in [0.4, 0.5) is 0 Å². The van der Waals surface area contributed by atoms with Gasteiger partial charge in [0, 0.05) is 43.4 Å². The molecule has 0 unspecified atom stereocenters. The lowest BCUT2D eigenvalue weighted by atomic mass is 10.1. The molecular weight excluding hydrogens is 332 g/mol. The molecule has 1 aliphatic rings. The monoisotopic (exact) mass is 352 g/mol. The van der Waals surface area contributed by atoms with E-state index >= 15 is 0 Å². The van der Waals surface area contributed by atoms with Gasteiger partial charge in [-0.1, -0.05) is 30.0 Å². The molecule has 0 saturated carbocycles. The van der Waals surface area contributed by atoms with E-state index in [9.17, 15) is 0 Å². The van der Waals surface area contributed by atoms with Crippen LogP contribution >= 0.6 is 11.8 Å². The largest absolute Gasteiger partial charge is 0.441 e. The first-order valence-electron chi connectivity index (χ1n) is 8.36. The van der Waals surface area contributed by atoms with Crippen molar-refractivity contribution in [3.05, 3.63) is 59.2 Å². The maximum absolute atomic E-state index is 5.88. The van der Waals surface area contributed by atoms with Crippen molar-refractivity contribution in [3.8, 4) is 11.5 Å². The second-order valence-electron chi connectivity index (χ2n) is 6.18. The molecule has 128 valence electrons. The van der Waals surface area contributed by atoms with Gasteiger partial charge in [-0.25, -0.2) is 15.0 Å². The number of nitrogens with zero attached hydrogens (tertiary/aromatic N) is 4. The second-order valence-corrected chi connectivity index (χ2v) is 6.95. The average Bonchev–Trinajstić information content (AvgIpc) is 3.02. The minimum atomic E-state index is 0.693. The van der Waals surface area contributed by atoms with E-state index in [1.54, 1.807) is 11.8 Å². The van der Waals surface area contributed by atoms with Gasteiger partial charge in [-0.3, -0.25) is 4.90 Å². The summed E-state index contributed by atoms with van der Waals surface area (Å²) in [4.78, 5) is 16.1. The zero-order valence-electron chi connectivity index (χ0n) is 14.4. The first kappa shape index (κ1) is 16.3. The molecule has 0 radical (unpaired) electrons. The van der Waals surface area contributed by atoms with E-state index in [0.717, 1.165) is 48.2 Å². The number of aromatic nitrogens is 3. The van der Waals surface area contributed by atoms with E-state index in [1.165, 1.54) is 11.3 Å². The fraction of sp³-hybridized carbons (Fsp3) is 0.316. The number of fused-ring (bicyclic) bond motifs is 1. The van der Waals surface area contributed by atoms with E-state index in [0.29, 0.717) is 5.89 Å². The van der Waals surface area contributed by atoms with Crippen molar-refractivity contribution >= 4 is 11.8 Å². The highest BCUT2D eigenvalue weighted by atomic mass is 32.2.